The maximum atomic E-state index is 14.9. The lowest BCUT2D eigenvalue weighted by molar-refractivity contribution is 0.364. The molecule has 29 heavy (non-hydrogen) atoms. The van der Waals surface area contributed by atoms with Crippen LogP contribution >= 0.6 is 0 Å². The molecule has 3 rings (SSSR count). The van der Waals surface area contributed by atoms with Crippen LogP contribution in [0.25, 0.3) is 11.1 Å². The van der Waals surface area contributed by atoms with Crippen LogP contribution in [-0.4, -0.2) is 0 Å². The fourth-order valence-corrected chi connectivity index (χ4v) is 4.34. The van der Waals surface area contributed by atoms with Crippen molar-refractivity contribution in [3.63, 3.8) is 0 Å². The molecule has 1 saturated carbocycles. The summed E-state index contributed by atoms with van der Waals surface area (Å²) >= 11 is 0. The molecule has 0 nitrogen and oxygen atoms in total. The van der Waals surface area contributed by atoms with E-state index in [1.165, 1.54) is 24.3 Å². The smallest absolute Gasteiger partial charge is 0.167 e. The maximum absolute atomic E-state index is 14.9. The Balaban J connectivity index is 1.88. The van der Waals surface area contributed by atoms with Gasteiger partial charge in [0.05, 0.1) is 0 Å². The zero-order valence-corrected chi connectivity index (χ0v) is 17.1. The summed E-state index contributed by atoms with van der Waals surface area (Å²) in [7, 11) is 0. The van der Waals surface area contributed by atoms with Gasteiger partial charge in [0.1, 0.15) is 0 Å². The molecule has 2 aromatic rings. The number of unbranched alkanes of at least 4 members (excludes halogenated alkanes) is 1. The van der Waals surface area contributed by atoms with Gasteiger partial charge in [-0.25, -0.2) is 17.6 Å². The van der Waals surface area contributed by atoms with Crippen molar-refractivity contribution >= 4 is 0 Å². The number of allylic oxidation sites excluding steroid dienone is 2. The number of hydrogen-bond donors (Lipinski definition) is 0. The molecule has 1 fully saturated rings. The van der Waals surface area contributed by atoms with Gasteiger partial charge in [-0.15, -0.1) is 0 Å². The second-order valence-electron chi connectivity index (χ2n) is 7.97. The lowest BCUT2D eigenvalue weighted by Crippen LogP contribution is -2.13. The van der Waals surface area contributed by atoms with Crippen molar-refractivity contribution in [3.8, 4) is 11.1 Å². The number of aryl methyl sites for hydroxylation is 1. The summed E-state index contributed by atoms with van der Waals surface area (Å²) < 4.78 is 58.7. The zero-order valence-electron chi connectivity index (χ0n) is 17.1. The Labute approximate surface area is 170 Å². The highest BCUT2D eigenvalue weighted by atomic mass is 19.2. The Morgan fingerprint density at radius 2 is 1.45 bits per heavy atom. The summed E-state index contributed by atoms with van der Waals surface area (Å²) in [5, 5.41) is 0. The van der Waals surface area contributed by atoms with E-state index in [0.717, 1.165) is 38.5 Å². The monoisotopic (exact) mass is 404 g/mol. The van der Waals surface area contributed by atoms with E-state index < -0.39 is 23.3 Å². The summed E-state index contributed by atoms with van der Waals surface area (Å²) in [5.41, 5.74) is 0.142. The van der Waals surface area contributed by atoms with Gasteiger partial charge in [-0.3, -0.25) is 0 Å². The second-order valence-corrected chi connectivity index (χ2v) is 7.97. The first-order chi connectivity index (χ1) is 14.0. The van der Waals surface area contributed by atoms with Gasteiger partial charge in [0, 0.05) is 11.1 Å². The zero-order chi connectivity index (χ0) is 21.0. The minimum Gasteiger partial charge on any atom is -0.203 e. The average Bonchev–Trinajstić information content (AvgIpc) is 2.73. The van der Waals surface area contributed by atoms with Crippen molar-refractivity contribution in [1.82, 2.24) is 0 Å². The average molecular weight is 404 g/mol. The van der Waals surface area contributed by atoms with E-state index >= 15 is 0 Å². The van der Waals surface area contributed by atoms with E-state index in [1.807, 2.05) is 19.9 Å². The minimum absolute atomic E-state index is 0.0435. The Kier molecular flexibility index (Phi) is 7.15. The number of rotatable bonds is 6. The molecule has 0 saturated heterocycles. The highest BCUT2D eigenvalue weighted by Gasteiger charge is 2.26. The van der Waals surface area contributed by atoms with Crippen LogP contribution < -0.4 is 0 Å². The molecular weight excluding hydrogens is 376 g/mol. The van der Waals surface area contributed by atoms with Gasteiger partial charge in [0.2, 0.25) is 0 Å². The van der Waals surface area contributed by atoms with Gasteiger partial charge in [-0.2, -0.15) is 0 Å². The molecule has 0 atom stereocenters. The molecule has 0 aliphatic heterocycles. The van der Waals surface area contributed by atoms with Crippen molar-refractivity contribution < 1.29 is 17.6 Å². The molecule has 4 heteroatoms. The predicted molar refractivity (Wildman–Crippen MR) is 110 cm³/mol. The molecule has 0 heterocycles. The van der Waals surface area contributed by atoms with Gasteiger partial charge in [0.15, 0.2) is 23.3 Å². The lowest BCUT2D eigenvalue weighted by atomic mass is 9.78. The summed E-state index contributed by atoms with van der Waals surface area (Å²) in [4.78, 5) is 0. The van der Waals surface area contributed by atoms with Crippen molar-refractivity contribution in [3.05, 3.63) is 70.8 Å². The molecule has 2 aromatic carbocycles. The number of halogens is 4. The van der Waals surface area contributed by atoms with Crippen molar-refractivity contribution in [2.24, 2.45) is 5.92 Å². The van der Waals surface area contributed by atoms with Gasteiger partial charge < -0.3 is 0 Å². The van der Waals surface area contributed by atoms with Crippen LogP contribution in [0.5, 0.6) is 0 Å². The summed E-state index contributed by atoms with van der Waals surface area (Å²) in [6.45, 7) is 3.95. The highest BCUT2D eigenvalue weighted by molar-refractivity contribution is 5.66. The van der Waals surface area contributed by atoms with Gasteiger partial charge >= 0.3 is 0 Å². The van der Waals surface area contributed by atoms with Crippen LogP contribution in [-0.2, 0) is 6.42 Å². The predicted octanol–water partition coefficient (Wildman–Crippen LogP) is 8.10. The first kappa shape index (κ1) is 21.6. The standard InChI is InChI=1S/C25H28F4/c1-3-5-7-18-12-13-20(24(28)22(18)26)21-15-14-19(23(27)25(21)29)17-10-8-16(6-4-2)9-11-17/h4,6,12-17H,3,5,7-11H2,1-2H3. The summed E-state index contributed by atoms with van der Waals surface area (Å²) in [5.74, 6) is -3.67. The first-order valence-corrected chi connectivity index (χ1v) is 10.6. The van der Waals surface area contributed by atoms with E-state index in [4.69, 9.17) is 0 Å². The van der Waals surface area contributed by atoms with Crippen LogP contribution in [0.15, 0.2) is 36.4 Å². The summed E-state index contributed by atoms with van der Waals surface area (Å²) in [6, 6.07) is 5.74. The Morgan fingerprint density at radius 3 is 2.07 bits per heavy atom. The summed E-state index contributed by atoms with van der Waals surface area (Å²) in [6.07, 6.45) is 9.68. The number of benzene rings is 2. The van der Waals surface area contributed by atoms with E-state index in [-0.39, 0.29) is 22.6 Å². The van der Waals surface area contributed by atoms with Gasteiger partial charge in [-0.05, 0) is 68.4 Å². The maximum Gasteiger partial charge on any atom is 0.167 e. The first-order valence-electron chi connectivity index (χ1n) is 10.6. The molecule has 0 aromatic heterocycles. The third-order valence-corrected chi connectivity index (χ3v) is 6.04. The van der Waals surface area contributed by atoms with Crippen LogP contribution in [0.3, 0.4) is 0 Å². The van der Waals surface area contributed by atoms with Crippen LogP contribution in [0.2, 0.25) is 0 Å². The van der Waals surface area contributed by atoms with Gasteiger partial charge in [-0.1, -0.05) is 49.8 Å². The third kappa shape index (κ3) is 4.57. The highest BCUT2D eigenvalue weighted by Crippen LogP contribution is 2.39. The largest absolute Gasteiger partial charge is 0.203 e. The van der Waals surface area contributed by atoms with Crippen molar-refractivity contribution in [2.45, 2.75) is 64.7 Å². The molecule has 1 aliphatic rings. The van der Waals surface area contributed by atoms with E-state index in [1.54, 1.807) is 0 Å². The molecule has 0 spiro atoms. The van der Waals surface area contributed by atoms with Crippen LogP contribution in [0, 0.1) is 29.2 Å². The molecule has 0 bridgehead atoms. The molecule has 1 aliphatic carbocycles. The van der Waals surface area contributed by atoms with Crippen LogP contribution in [0.1, 0.15) is 69.4 Å². The normalized spacial score (nSPS) is 19.8. The fourth-order valence-electron chi connectivity index (χ4n) is 4.34. The van der Waals surface area contributed by atoms with Crippen LogP contribution in [0.4, 0.5) is 17.6 Å². The van der Waals surface area contributed by atoms with E-state index in [9.17, 15) is 17.6 Å². The third-order valence-electron chi connectivity index (χ3n) is 6.04. The lowest BCUT2D eigenvalue weighted by Gasteiger charge is -2.27. The van der Waals surface area contributed by atoms with E-state index in [2.05, 4.69) is 6.08 Å². The molecular formula is C25H28F4. The number of hydrogen-bond acceptors (Lipinski definition) is 0. The SMILES string of the molecule is CC=CC1CCC(c2ccc(-c3ccc(CCCC)c(F)c3F)c(F)c2F)CC1. The van der Waals surface area contributed by atoms with Gasteiger partial charge in [0.25, 0.3) is 0 Å². The quantitative estimate of drug-likeness (QED) is 0.337. The molecule has 0 unspecified atom stereocenters. The Bertz CT molecular complexity index is 877. The second kappa shape index (κ2) is 9.60. The minimum atomic E-state index is -1.11. The molecule has 0 radical (unpaired) electrons. The van der Waals surface area contributed by atoms with Crippen molar-refractivity contribution in [2.75, 3.05) is 0 Å². The molecule has 0 amide bonds. The fraction of sp³-hybridized carbons (Fsp3) is 0.440. The molecule has 156 valence electrons. The Morgan fingerprint density at radius 1 is 0.828 bits per heavy atom. The molecule has 0 N–H and O–H groups in total. The van der Waals surface area contributed by atoms with Crippen molar-refractivity contribution in [1.29, 1.82) is 0 Å². The Hall–Kier alpha value is -2.10. The van der Waals surface area contributed by atoms with E-state index in [0.29, 0.717) is 17.9 Å². The topological polar surface area (TPSA) is 0 Å².